The molecule has 0 aliphatic heterocycles. The Morgan fingerprint density at radius 2 is 0.464 bits per heavy atom. The summed E-state index contributed by atoms with van der Waals surface area (Å²) < 4.78 is 83.5. The van der Waals surface area contributed by atoms with E-state index in [0.717, 1.165) is 0 Å². The van der Waals surface area contributed by atoms with Crippen LogP contribution in [0.15, 0.2) is 48.5 Å². The standard InChI is InChI=1S/C52H58O32/c1-61-33-17-29(18-34(62-2)41(33)69-9)45(53)77-81-49(57)73-15-13-27(25-75-51(59)83-79-47(55)31-21-37(65-5)43(71-11)38(22-31)66-6)28(26-76-52(60)84-80-48(56)32-23-39(67-7)44(72-12)40(24-32)68-8)14-16-74-50(58)82-78-46(54)30-19-35(63-3)42(70-10)36(20-30)64-4/h17-24,27-28H,13-16,25-26H2,1-12H3. The maximum Gasteiger partial charge on any atom is 0.549 e. The fourth-order valence-corrected chi connectivity index (χ4v) is 7.22. The van der Waals surface area contributed by atoms with E-state index in [2.05, 4.69) is 39.1 Å². The molecule has 4 aromatic rings. The fraction of sp³-hybridized carbons (Fsp3) is 0.385. The Labute approximate surface area is 477 Å². The Balaban J connectivity index is 1.56. The second kappa shape index (κ2) is 33.3. The van der Waals surface area contributed by atoms with Gasteiger partial charge in [0.15, 0.2) is 46.0 Å². The first-order chi connectivity index (χ1) is 40.4. The molecule has 0 heterocycles. The van der Waals surface area contributed by atoms with Crippen molar-refractivity contribution in [2.24, 2.45) is 11.8 Å². The van der Waals surface area contributed by atoms with Crippen LogP contribution < -0.4 is 56.8 Å². The molecular weight excluding hydrogens is 1140 g/mol. The number of carbonyl (C=O) groups is 8. The van der Waals surface area contributed by atoms with Gasteiger partial charge in [-0.1, -0.05) is 0 Å². The number of methoxy groups -OCH3 is 12. The predicted molar refractivity (Wildman–Crippen MR) is 272 cm³/mol. The lowest BCUT2D eigenvalue weighted by atomic mass is 9.88. The molecule has 2 unspecified atom stereocenters. The third-order valence-electron chi connectivity index (χ3n) is 11.3. The molecule has 2 atom stereocenters. The Morgan fingerprint density at radius 3 is 0.643 bits per heavy atom. The lowest BCUT2D eigenvalue weighted by Crippen LogP contribution is -2.30. The normalized spacial score (nSPS) is 11.0. The largest absolute Gasteiger partial charge is 0.549 e. The molecule has 0 amide bonds. The summed E-state index contributed by atoms with van der Waals surface area (Å²) >= 11 is 0. The second-order valence-electron chi connectivity index (χ2n) is 15.9. The molecule has 32 heteroatoms. The van der Waals surface area contributed by atoms with Crippen molar-refractivity contribution in [2.45, 2.75) is 12.8 Å². The van der Waals surface area contributed by atoms with Gasteiger partial charge in [0, 0.05) is 11.8 Å². The van der Waals surface area contributed by atoms with E-state index in [0.29, 0.717) is 0 Å². The maximum atomic E-state index is 13.0. The van der Waals surface area contributed by atoms with Gasteiger partial charge in [-0.05, 0) is 61.4 Å². The first-order valence-electron chi connectivity index (χ1n) is 23.8. The monoisotopic (exact) mass is 1190 g/mol. The van der Waals surface area contributed by atoms with E-state index >= 15 is 0 Å². The van der Waals surface area contributed by atoms with Gasteiger partial charge in [-0.15, -0.1) is 0 Å². The smallest absolute Gasteiger partial charge is 0.493 e. The highest BCUT2D eigenvalue weighted by molar-refractivity contribution is 5.93. The van der Waals surface area contributed by atoms with E-state index in [1.807, 2.05) is 0 Å². The average molecular weight is 1200 g/mol. The number of benzene rings is 4. The topological polar surface area (TPSA) is 358 Å². The Kier molecular flexibility index (Phi) is 26.1. The minimum absolute atomic E-state index is 0.0415. The first kappa shape index (κ1) is 66.0. The molecule has 0 saturated heterocycles. The zero-order valence-electron chi connectivity index (χ0n) is 47.1. The molecule has 84 heavy (non-hydrogen) atoms. The van der Waals surface area contributed by atoms with Crippen molar-refractivity contribution >= 4 is 48.5 Å². The van der Waals surface area contributed by atoms with Gasteiger partial charge in [0.05, 0.1) is 134 Å². The minimum atomic E-state index is -1.63. The molecule has 0 saturated carbocycles. The Hall–Kier alpha value is -10.6. The average Bonchev–Trinajstić information content (AvgIpc) is 3.64. The van der Waals surface area contributed by atoms with Crippen LogP contribution in [0.1, 0.15) is 54.3 Å². The van der Waals surface area contributed by atoms with Crippen molar-refractivity contribution in [2.75, 3.05) is 112 Å². The van der Waals surface area contributed by atoms with Crippen LogP contribution in [-0.2, 0) is 58.0 Å². The lowest BCUT2D eigenvalue weighted by molar-refractivity contribution is -0.208. The highest BCUT2D eigenvalue weighted by Crippen LogP contribution is 2.42. The van der Waals surface area contributed by atoms with Gasteiger partial charge < -0.3 is 75.8 Å². The molecule has 458 valence electrons. The number of hydrogen-bond acceptors (Lipinski definition) is 32. The van der Waals surface area contributed by atoms with Gasteiger partial charge in [0.1, 0.15) is 0 Å². The summed E-state index contributed by atoms with van der Waals surface area (Å²) in [5, 5.41) is 0. The van der Waals surface area contributed by atoms with Crippen LogP contribution in [0.25, 0.3) is 0 Å². The van der Waals surface area contributed by atoms with Crippen LogP contribution in [0.3, 0.4) is 0 Å². The quantitative estimate of drug-likeness (QED) is 0.0256. The predicted octanol–water partition coefficient (Wildman–Crippen LogP) is 6.80. The van der Waals surface area contributed by atoms with Gasteiger partial charge >= 0.3 is 48.5 Å². The maximum absolute atomic E-state index is 13.0. The first-order valence-corrected chi connectivity index (χ1v) is 23.8. The van der Waals surface area contributed by atoms with Gasteiger partial charge in [-0.25, -0.2) is 58.3 Å². The van der Waals surface area contributed by atoms with Crippen LogP contribution in [0.5, 0.6) is 69.0 Å². The lowest BCUT2D eigenvalue weighted by Gasteiger charge is -2.25. The summed E-state index contributed by atoms with van der Waals surface area (Å²) in [6.45, 7) is -2.87. The van der Waals surface area contributed by atoms with Crippen LogP contribution in [0.2, 0.25) is 0 Å². The molecular formula is C52H58O32. The molecule has 32 nitrogen and oxygen atoms in total. The van der Waals surface area contributed by atoms with Gasteiger partial charge in [0.2, 0.25) is 23.0 Å². The van der Waals surface area contributed by atoms with E-state index in [4.69, 9.17) is 75.8 Å². The third-order valence-corrected chi connectivity index (χ3v) is 11.3. The fourth-order valence-electron chi connectivity index (χ4n) is 7.22. The van der Waals surface area contributed by atoms with Crippen LogP contribution >= 0.6 is 0 Å². The van der Waals surface area contributed by atoms with Crippen LogP contribution in [-0.4, -0.2) is 160 Å². The van der Waals surface area contributed by atoms with Crippen molar-refractivity contribution in [3.05, 3.63) is 70.8 Å². The van der Waals surface area contributed by atoms with Crippen molar-refractivity contribution in [3.8, 4) is 69.0 Å². The van der Waals surface area contributed by atoms with E-state index in [-0.39, 0.29) is 104 Å². The summed E-state index contributed by atoms with van der Waals surface area (Å²) in [4.78, 5) is 140. The molecule has 0 N–H and O–H groups in total. The molecule has 0 aliphatic carbocycles. The second-order valence-corrected chi connectivity index (χ2v) is 15.9. The van der Waals surface area contributed by atoms with Crippen LogP contribution in [0.4, 0.5) is 19.2 Å². The zero-order valence-corrected chi connectivity index (χ0v) is 47.1. The molecule has 0 aliphatic rings. The summed E-state index contributed by atoms with van der Waals surface area (Å²) in [5.74, 6) is -6.37. The van der Waals surface area contributed by atoms with Crippen molar-refractivity contribution in [3.63, 3.8) is 0 Å². The molecule has 4 rings (SSSR count). The van der Waals surface area contributed by atoms with Crippen LogP contribution in [0, 0.1) is 11.8 Å². The van der Waals surface area contributed by atoms with E-state index in [1.54, 1.807) is 0 Å². The van der Waals surface area contributed by atoms with Gasteiger partial charge in [0.25, 0.3) is 0 Å². The highest BCUT2D eigenvalue weighted by Gasteiger charge is 2.30. The molecule has 0 fully saturated rings. The zero-order chi connectivity index (χ0) is 61.9. The Morgan fingerprint density at radius 1 is 0.274 bits per heavy atom. The number of carbonyl (C=O) groups excluding carboxylic acids is 8. The molecule has 4 aromatic carbocycles. The summed E-state index contributed by atoms with van der Waals surface area (Å²) in [7, 11) is 15.6. The van der Waals surface area contributed by atoms with E-state index < -0.39 is 86.8 Å². The molecule has 0 spiro atoms. The molecule has 0 radical (unpaired) electrons. The molecule has 0 aromatic heterocycles. The number of rotatable bonds is 27. The van der Waals surface area contributed by atoms with Crippen molar-refractivity contribution < 1.29 is 153 Å². The van der Waals surface area contributed by atoms with Gasteiger partial charge in [-0.3, -0.25) is 0 Å². The highest BCUT2D eigenvalue weighted by atomic mass is 17.3. The third kappa shape index (κ3) is 18.2. The molecule has 0 bridgehead atoms. The SMILES string of the molecule is COc1cc(C(=O)OOC(=O)OCCC(COC(=O)OOC(=O)c2cc(OC)c(OC)c(OC)c2)C(CCOC(=O)OOC(=O)c2cc(OC)c(OC)c(OC)c2)COC(=O)OOC(=O)c2cc(OC)c(OC)c(OC)c2)cc(OC)c1OC. The number of ether oxygens (including phenoxy) is 16. The van der Waals surface area contributed by atoms with E-state index in [1.165, 1.54) is 134 Å². The summed E-state index contributed by atoms with van der Waals surface area (Å²) in [6, 6.07) is 9.57. The number of hydrogen-bond donors (Lipinski definition) is 0. The van der Waals surface area contributed by atoms with Gasteiger partial charge in [-0.2, -0.15) is 19.2 Å². The van der Waals surface area contributed by atoms with Crippen molar-refractivity contribution in [1.29, 1.82) is 0 Å². The van der Waals surface area contributed by atoms with E-state index in [9.17, 15) is 38.4 Å². The van der Waals surface area contributed by atoms with Crippen molar-refractivity contribution in [1.82, 2.24) is 0 Å². The summed E-state index contributed by atoms with van der Waals surface area (Å²) in [6.07, 6.45) is -7.19. The summed E-state index contributed by atoms with van der Waals surface area (Å²) in [5.41, 5.74) is -0.895. The minimum Gasteiger partial charge on any atom is -0.493 e. The Bertz CT molecular complexity index is 2640.